The van der Waals surface area contributed by atoms with Crippen molar-refractivity contribution >= 4 is 5.65 Å². The van der Waals surface area contributed by atoms with Gasteiger partial charge in [0, 0.05) is 12.6 Å². The summed E-state index contributed by atoms with van der Waals surface area (Å²) in [5.74, 6) is 1.000. The molecular weight excluding hydrogens is 222 g/mol. The maximum atomic E-state index is 4.18. The Morgan fingerprint density at radius 1 is 1.06 bits per heavy atom. The van der Waals surface area contributed by atoms with Gasteiger partial charge >= 0.3 is 0 Å². The minimum absolute atomic E-state index is 0.887. The largest absolute Gasteiger partial charge is 0.286 e. The highest BCUT2D eigenvalue weighted by Crippen LogP contribution is 2.21. The van der Waals surface area contributed by atoms with E-state index >= 15 is 0 Å². The summed E-state index contributed by atoms with van der Waals surface area (Å²) in [5.41, 5.74) is 4.60. The predicted octanol–water partition coefficient (Wildman–Crippen LogP) is 3.27. The van der Waals surface area contributed by atoms with Gasteiger partial charge in [0.05, 0.1) is 0 Å². The van der Waals surface area contributed by atoms with E-state index in [0.29, 0.717) is 0 Å². The fourth-order valence-electron chi connectivity index (χ4n) is 2.17. The normalized spacial score (nSPS) is 11.0. The quantitative estimate of drug-likeness (QED) is 0.684. The highest BCUT2D eigenvalue weighted by molar-refractivity contribution is 5.65. The molecule has 3 aromatic rings. The van der Waals surface area contributed by atoms with E-state index in [-0.39, 0.29) is 0 Å². The fourth-order valence-corrected chi connectivity index (χ4v) is 2.17. The lowest BCUT2D eigenvalue weighted by Gasteiger charge is -2.04. The van der Waals surface area contributed by atoms with Gasteiger partial charge in [-0.2, -0.15) is 0 Å². The minimum Gasteiger partial charge on any atom is -0.286 e. The smallest absolute Gasteiger partial charge is 0.160 e. The summed E-state index contributed by atoms with van der Waals surface area (Å²) in [6, 6.07) is 12.6. The fraction of sp³-hybridized carbons (Fsp3) is 0.200. The van der Waals surface area contributed by atoms with Crippen LogP contribution in [0.1, 0.15) is 18.3 Å². The van der Waals surface area contributed by atoms with E-state index < -0.39 is 0 Å². The van der Waals surface area contributed by atoms with Crippen LogP contribution in [0.4, 0.5) is 0 Å². The zero-order valence-corrected chi connectivity index (χ0v) is 10.6. The van der Waals surface area contributed by atoms with Gasteiger partial charge in [0.15, 0.2) is 5.65 Å². The standard InChI is InChI=1S/C15H15N3/c1-3-14-16-17-15-8-7-13(10-18(14)15)12-6-4-5-11(2)9-12/h4-10H,3H2,1-2H3. The predicted molar refractivity (Wildman–Crippen MR) is 72.5 cm³/mol. The van der Waals surface area contributed by atoms with Crippen LogP contribution >= 0.6 is 0 Å². The molecule has 0 saturated carbocycles. The van der Waals surface area contributed by atoms with Crippen LogP contribution in [0.3, 0.4) is 0 Å². The van der Waals surface area contributed by atoms with Crippen LogP contribution in [-0.2, 0) is 6.42 Å². The second-order valence-corrected chi connectivity index (χ2v) is 4.49. The van der Waals surface area contributed by atoms with Gasteiger partial charge in [0.2, 0.25) is 0 Å². The molecule has 1 aromatic carbocycles. The number of aryl methyl sites for hydroxylation is 2. The third-order valence-electron chi connectivity index (χ3n) is 3.14. The maximum Gasteiger partial charge on any atom is 0.160 e. The molecule has 90 valence electrons. The van der Waals surface area contributed by atoms with Crippen LogP contribution in [0.5, 0.6) is 0 Å². The number of aromatic nitrogens is 3. The van der Waals surface area contributed by atoms with E-state index in [0.717, 1.165) is 17.9 Å². The van der Waals surface area contributed by atoms with E-state index in [1.165, 1.54) is 16.7 Å². The Balaban J connectivity index is 2.18. The summed E-state index contributed by atoms with van der Waals surface area (Å²) in [6.07, 6.45) is 3.00. The van der Waals surface area contributed by atoms with Gasteiger partial charge in [-0.3, -0.25) is 4.40 Å². The molecule has 2 aromatic heterocycles. The van der Waals surface area contributed by atoms with E-state index in [1.54, 1.807) is 0 Å². The summed E-state index contributed by atoms with van der Waals surface area (Å²) >= 11 is 0. The average molecular weight is 237 g/mol. The van der Waals surface area contributed by atoms with Gasteiger partial charge in [-0.05, 0) is 30.2 Å². The molecule has 0 fully saturated rings. The number of fused-ring (bicyclic) bond motifs is 1. The number of hydrogen-bond acceptors (Lipinski definition) is 2. The van der Waals surface area contributed by atoms with Gasteiger partial charge in [0.25, 0.3) is 0 Å². The monoisotopic (exact) mass is 237 g/mol. The van der Waals surface area contributed by atoms with Crippen LogP contribution in [0.15, 0.2) is 42.6 Å². The molecule has 0 bridgehead atoms. The second kappa shape index (κ2) is 4.26. The molecule has 0 unspecified atom stereocenters. The molecule has 3 nitrogen and oxygen atoms in total. The van der Waals surface area contributed by atoms with Crippen LogP contribution < -0.4 is 0 Å². The Bertz CT molecular complexity index is 698. The van der Waals surface area contributed by atoms with Crippen molar-refractivity contribution in [1.82, 2.24) is 14.6 Å². The van der Waals surface area contributed by atoms with Crippen LogP contribution in [0.25, 0.3) is 16.8 Å². The lowest BCUT2D eigenvalue weighted by atomic mass is 10.1. The highest BCUT2D eigenvalue weighted by Gasteiger charge is 2.05. The molecule has 0 spiro atoms. The van der Waals surface area contributed by atoms with Crippen molar-refractivity contribution in [2.45, 2.75) is 20.3 Å². The molecular formula is C15H15N3. The Morgan fingerprint density at radius 3 is 2.72 bits per heavy atom. The molecule has 3 heteroatoms. The van der Waals surface area contributed by atoms with Crippen LogP contribution in [-0.4, -0.2) is 14.6 Å². The molecule has 3 rings (SSSR count). The van der Waals surface area contributed by atoms with Crippen molar-refractivity contribution in [2.75, 3.05) is 0 Å². The topological polar surface area (TPSA) is 30.2 Å². The van der Waals surface area contributed by atoms with Gasteiger partial charge in [0.1, 0.15) is 5.82 Å². The van der Waals surface area contributed by atoms with Crippen molar-refractivity contribution in [3.05, 3.63) is 54.0 Å². The zero-order chi connectivity index (χ0) is 12.5. The summed E-state index contributed by atoms with van der Waals surface area (Å²) in [5, 5.41) is 8.33. The second-order valence-electron chi connectivity index (χ2n) is 4.49. The zero-order valence-electron chi connectivity index (χ0n) is 10.6. The van der Waals surface area contributed by atoms with Crippen molar-refractivity contribution in [2.24, 2.45) is 0 Å². The Morgan fingerprint density at radius 2 is 1.94 bits per heavy atom. The molecule has 0 atom stereocenters. The summed E-state index contributed by atoms with van der Waals surface area (Å²) in [6.45, 7) is 4.20. The molecule has 2 heterocycles. The number of benzene rings is 1. The van der Waals surface area contributed by atoms with Crippen LogP contribution in [0, 0.1) is 6.92 Å². The first-order valence-electron chi connectivity index (χ1n) is 6.18. The lowest BCUT2D eigenvalue weighted by Crippen LogP contribution is -1.93. The van der Waals surface area contributed by atoms with Gasteiger partial charge < -0.3 is 0 Å². The van der Waals surface area contributed by atoms with Crippen molar-refractivity contribution in [3.8, 4) is 11.1 Å². The van der Waals surface area contributed by atoms with Crippen LogP contribution in [0.2, 0.25) is 0 Å². The summed E-state index contributed by atoms with van der Waals surface area (Å²) < 4.78 is 2.07. The molecule has 0 radical (unpaired) electrons. The third kappa shape index (κ3) is 1.78. The first-order valence-corrected chi connectivity index (χ1v) is 6.18. The molecule has 0 aliphatic carbocycles. The minimum atomic E-state index is 0.887. The van der Waals surface area contributed by atoms with Gasteiger partial charge in [-0.25, -0.2) is 0 Å². The summed E-state index contributed by atoms with van der Waals surface area (Å²) in [4.78, 5) is 0. The Labute approximate surface area is 106 Å². The Hall–Kier alpha value is -2.16. The van der Waals surface area contributed by atoms with Gasteiger partial charge in [-0.1, -0.05) is 36.8 Å². The highest BCUT2D eigenvalue weighted by atomic mass is 15.2. The molecule has 0 amide bonds. The SMILES string of the molecule is CCc1nnc2ccc(-c3cccc(C)c3)cn12. The van der Waals surface area contributed by atoms with Crippen molar-refractivity contribution in [1.29, 1.82) is 0 Å². The van der Waals surface area contributed by atoms with E-state index in [2.05, 4.69) is 65.0 Å². The molecule has 0 aliphatic heterocycles. The summed E-state index contributed by atoms with van der Waals surface area (Å²) in [7, 11) is 0. The first-order chi connectivity index (χ1) is 8.78. The third-order valence-corrected chi connectivity index (χ3v) is 3.14. The Kier molecular flexibility index (Phi) is 2.59. The molecule has 0 N–H and O–H groups in total. The number of rotatable bonds is 2. The number of hydrogen-bond donors (Lipinski definition) is 0. The molecule has 0 saturated heterocycles. The number of pyridine rings is 1. The molecule has 18 heavy (non-hydrogen) atoms. The van der Waals surface area contributed by atoms with Gasteiger partial charge in [-0.15, -0.1) is 10.2 Å². The maximum absolute atomic E-state index is 4.18. The number of nitrogens with zero attached hydrogens (tertiary/aromatic N) is 3. The lowest BCUT2D eigenvalue weighted by molar-refractivity contribution is 0.910. The van der Waals surface area contributed by atoms with Crippen molar-refractivity contribution in [3.63, 3.8) is 0 Å². The first kappa shape index (κ1) is 11.0. The van der Waals surface area contributed by atoms with E-state index in [9.17, 15) is 0 Å². The van der Waals surface area contributed by atoms with E-state index in [1.807, 2.05) is 6.07 Å². The van der Waals surface area contributed by atoms with E-state index in [4.69, 9.17) is 0 Å². The molecule has 0 aliphatic rings. The van der Waals surface area contributed by atoms with Crippen molar-refractivity contribution < 1.29 is 0 Å². The average Bonchev–Trinajstić information content (AvgIpc) is 2.80.